The lowest BCUT2D eigenvalue weighted by atomic mass is 9.88. The zero-order valence-corrected chi connectivity index (χ0v) is 21.1. The van der Waals surface area contributed by atoms with E-state index in [-0.39, 0.29) is 23.6 Å². The predicted octanol–water partition coefficient (Wildman–Crippen LogP) is 6.67. The van der Waals surface area contributed by atoms with Crippen molar-refractivity contribution in [2.24, 2.45) is 5.92 Å². The lowest BCUT2D eigenvalue weighted by molar-refractivity contribution is -0.122. The second kappa shape index (κ2) is 17.1. The second-order valence-electron chi connectivity index (χ2n) is 9.69. The summed E-state index contributed by atoms with van der Waals surface area (Å²) < 4.78 is 0. The second-order valence-corrected chi connectivity index (χ2v) is 9.69. The van der Waals surface area contributed by atoms with Gasteiger partial charge in [0.15, 0.2) is 0 Å². The Kier molecular flexibility index (Phi) is 14.0. The highest BCUT2D eigenvalue weighted by molar-refractivity contribution is 5.97. The Morgan fingerprint density at radius 2 is 1.29 bits per heavy atom. The van der Waals surface area contributed by atoms with E-state index in [1.54, 1.807) is 24.3 Å². The topological polar surface area (TPSA) is 87.3 Å². The van der Waals surface area contributed by atoms with Crippen molar-refractivity contribution in [1.29, 1.82) is 0 Å². The van der Waals surface area contributed by atoms with Crippen molar-refractivity contribution >= 4 is 23.4 Å². The van der Waals surface area contributed by atoms with Crippen LogP contribution in [-0.4, -0.2) is 17.7 Å². The van der Waals surface area contributed by atoms with Gasteiger partial charge in [-0.3, -0.25) is 25.2 Å². The minimum Gasteiger partial charge on any atom is -0.326 e. The molecule has 0 heterocycles. The van der Waals surface area contributed by atoms with E-state index in [0.717, 1.165) is 44.9 Å². The third kappa shape index (κ3) is 11.7. The van der Waals surface area contributed by atoms with E-state index in [0.29, 0.717) is 17.7 Å². The molecule has 0 unspecified atom stereocenters. The van der Waals surface area contributed by atoms with Crippen LogP contribution in [0.15, 0.2) is 24.3 Å². The van der Waals surface area contributed by atoms with E-state index >= 15 is 0 Å². The van der Waals surface area contributed by atoms with E-state index in [9.17, 15) is 14.4 Å². The molecule has 0 aromatic heterocycles. The Morgan fingerprint density at radius 3 is 1.88 bits per heavy atom. The third-order valence-electron chi connectivity index (χ3n) is 6.71. The molecular weight excluding hydrogens is 426 g/mol. The number of anilines is 1. The normalized spacial score (nSPS) is 13.9. The lowest BCUT2D eigenvalue weighted by Crippen LogP contribution is -2.41. The molecular formula is C28H45N3O3. The molecule has 3 N–H and O–H groups in total. The van der Waals surface area contributed by atoms with Crippen molar-refractivity contribution in [2.75, 3.05) is 5.32 Å². The molecule has 0 radical (unpaired) electrons. The molecule has 0 bridgehead atoms. The van der Waals surface area contributed by atoms with Crippen LogP contribution in [0.3, 0.4) is 0 Å². The standard InChI is InChI=1S/C28H45N3O3/c1-2-3-4-5-6-7-8-9-10-11-15-18-26(32)30-31-28(34)24-19-21-25(22-20-24)29-27(33)23-16-13-12-14-17-23/h19-23H,2-18H2,1H3,(H,29,33)(H,30,32)(H,31,34). The Morgan fingerprint density at radius 1 is 0.735 bits per heavy atom. The minimum absolute atomic E-state index is 0.0616. The molecule has 190 valence electrons. The van der Waals surface area contributed by atoms with Gasteiger partial charge in [-0.05, 0) is 43.5 Å². The van der Waals surface area contributed by atoms with Crippen LogP contribution in [0.1, 0.15) is 126 Å². The molecule has 1 aromatic rings. The van der Waals surface area contributed by atoms with Crippen molar-refractivity contribution in [3.63, 3.8) is 0 Å². The number of hydrazine groups is 1. The number of amides is 3. The molecule has 0 atom stereocenters. The van der Waals surface area contributed by atoms with Crippen molar-refractivity contribution < 1.29 is 14.4 Å². The van der Waals surface area contributed by atoms with E-state index in [2.05, 4.69) is 23.1 Å². The van der Waals surface area contributed by atoms with E-state index in [1.165, 1.54) is 57.8 Å². The summed E-state index contributed by atoms with van der Waals surface area (Å²) in [7, 11) is 0. The summed E-state index contributed by atoms with van der Waals surface area (Å²) in [5.74, 6) is -0.378. The third-order valence-corrected chi connectivity index (χ3v) is 6.71. The number of hydrogen-bond acceptors (Lipinski definition) is 3. The van der Waals surface area contributed by atoms with E-state index in [4.69, 9.17) is 0 Å². The van der Waals surface area contributed by atoms with Gasteiger partial charge in [0.25, 0.3) is 5.91 Å². The minimum atomic E-state index is -0.363. The predicted molar refractivity (Wildman–Crippen MR) is 138 cm³/mol. The summed E-state index contributed by atoms with van der Waals surface area (Å²) in [5.41, 5.74) is 6.10. The van der Waals surface area contributed by atoms with Gasteiger partial charge in [-0.25, -0.2) is 0 Å². The number of hydrogen-bond donors (Lipinski definition) is 3. The first-order valence-corrected chi connectivity index (χ1v) is 13.6. The van der Waals surface area contributed by atoms with Crippen molar-refractivity contribution in [2.45, 2.75) is 116 Å². The van der Waals surface area contributed by atoms with Gasteiger partial charge in [0.05, 0.1) is 0 Å². The van der Waals surface area contributed by atoms with Gasteiger partial charge >= 0.3 is 0 Å². The number of nitrogens with one attached hydrogen (secondary N) is 3. The molecule has 1 saturated carbocycles. The molecule has 6 nitrogen and oxygen atoms in total. The molecule has 34 heavy (non-hydrogen) atoms. The van der Waals surface area contributed by atoms with Crippen LogP contribution in [0.25, 0.3) is 0 Å². The monoisotopic (exact) mass is 471 g/mol. The summed E-state index contributed by atoms with van der Waals surface area (Å²) in [6, 6.07) is 6.76. The van der Waals surface area contributed by atoms with Crippen LogP contribution >= 0.6 is 0 Å². The van der Waals surface area contributed by atoms with E-state index < -0.39 is 0 Å². The number of carbonyl (C=O) groups excluding carboxylic acids is 3. The Labute approximate surface area is 206 Å². The number of carbonyl (C=O) groups is 3. The highest BCUT2D eigenvalue weighted by atomic mass is 16.2. The van der Waals surface area contributed by atoms with Gasteiger partial charge in [-0.15, -0.1) is 0 Å². The fourth-order valence-corrected chi connectivity index (χ4v) is 4.52. The quantitative estimate of drug-likeness (QED) is 0.197. The Hall–Kier alpha value is -2.37. The van der Waals surface area contributed by atoms with Gasteiger partial charge in [-0.1, -0.05) is 90.4 Å². The van der Waals surface area contributed by atoms with Crippen LogP contribution < -0.4 is 16.2 Å². The van der Waals surface area contributed by atoms with Crippen molar-refractivity contribution in [3.05, 3.63) is 29.8 Å². The highest BCUT2D eigenvalue weighted by Crippen LogP contribution is 2.25. The maximum atomic E-state index is 12.3. The fraction of sp³-hybridized carbons (Fsp3) is 0.679. The number of benzene rings is 1. The van der Waals surface area contributed by atoms with Gasteiger partial charge in [0.1, 0.15) is 0 Å². The van der Waals surface area contributed by atoms with Crippen LogP contribution in [0, 0.1) is 5.92 Å². The highest BCUT2D eigenvalue weighted by Gasteiger charge is 2.21. The first-order valence-electron chi connectivity index (χ1n) is 13.6. The molecule has 1 aromatic carbocycles. The summed E-state index contributed by atoms with van der Waals surface area (Å²) >= 11 is 0. The average molecular weight is 472 g/mol. The van der Waals surface area contributed by atoms with Gasteiger partial charge < -0.3 is 5.32 Å². The number of rotatable bonds is 15. The SMILES string of the molecule is CCCCCCCCCCCCCC(=O)NNC(=O)c1ccc(NC(=O)C2CCCCC2)cc1. The molecule has 0 saturated heterocycles. The van der Waals surface area contributed by atoms with E-state index in [1.807, 2.05) is 0 Å². The average Bonchev–Trinajstić information content (AvgIpc) is 2.86. The maximum absolute atomic E-state index is 12.3. The Balaban J connectivity index is 1.52. The molecule has 1 fully saturated rings. The first kappa shape index (κ1) is 27.9. The number of unbranched alkanes of at least 4 members (excludes halogenated alkanes) is 10. The van der Waals surface area contributed by atoms with Crippen molar-refractivity contribution in [3.8, 4) is 0 Å². The molecule has 1 aliphatic carbocycles. The van der Waals surface area contributed by atoms with Crippen LogP contribution in [0.4, 0.5) is 5.69 Å². The summed E-state index contributed by atoms with van der Waals surface area (Å²) in [4.78, 5) is 36.6. The molecule has 2 rings (SSSR count). The smallest absolute Gasteiger partial charge is 0.269 e. The Bertz CT molecular complexity index is 727. The van der Waals surface area contributed by atoms with Crippen LogP contribution in [-0.2, 0) is 9.59 Å². The van der Waals surface area contributed by atoms with Gasteiger partial charge in [-0.2, -0.15) is 0 Å². The van der Waals surface area contributed by atoms with Gasteiger partial charge in [0.2, 0.25) is 11.8 Å². The molecule has 0 aliphatic heterocycles. The van der Waals surface area contributed by atoms with Gasteiger partial charge in [0, 0.05) is 23.6 Å². The molecule has 6 heteroatoms. The largest absolute Gasteiger partial charge is 0.326 e. The summed E-state index contributed by atoms with van der Waals surface area (Å²) in [5, 5.41) is 2.94. The zero-order valence-electron chi connectivity index (χ0n) is 21.1. The van der Waals surface area contributed by atoms with Crippen LogP contribution in [0.5, 0.6) is 0 Å². The first-order chi connectivity index (χ1) is 16.6. The van der Waals surface area contributed by atoms with Crippen LogP contribution in [0.2, 0.25) is 0 Å². The fourth-order valence-electron chi connectivity index (χ4n) is 4.52. The zero-order chi connectivity index (χ0) is 24.4. The summed E-state index contributed by atoms with van der Waals surface area (Å²) in [6.45, 7) is 2.24. The molecule has 1 aliphatic rings. The molecule has 3 amide bonds. The molecule has 0 spiro atoms. The maximum Gasteiger partial charge on any atom is 0.269 e. The summed E-state index contributed by atoms with van der Waals surface area (Å²) in [6.07, 6.45) is 19.4. The van der Waals surface area contributed by atoms with Crippen molar-refractivity contribution in [1.82, 2.24) is 10.9 Å². The lowest BCUT2D eigenvalue weighted by Gasteiger charge is -2.20.